The molecule has 162 valence electrons. The topological polar surface area (TPSA) is 126 Å². The van der Waals surface area contributed by atoms with Crippen LogP contribution in [0.25, 0.3) is 0 Å². The molecule has 3 rings (SSSR count). The average Bonchev–Trinajstić information content (AvgIpc) is 3.18. The number of nitrogens with one attached hydrogen (secondary N) is 3. The zero-order valence-electron chi connectivity index (χ0n) is 16.7. The van der Waals surface area contributed by atoms with E-state index < -0.39 is 21.8 Å². The first-order chi connectivity index (χ1) is 14.8. The number of amides is 2. The highest BCUT2D eigenvalue weighted by molar-refractivity contribution is 7.90. The van der Waals surface area contributed by atoms with Gasteiger partial charge >= 0.3 is 0 Å². The van der Waals surface area contributed by atoms with Crippen molar-refractivity contribution in [1.82, 2.24) is 9.71 Å². The SMILES string of the molecule is CCOc1ccc(Nc2nc(C(=O)Nc3ccc(S(=O)(=O)NC(C)=O)cc3)cs2)cc1. The molecule has 0 unspecified atom stereocenters. The lowest BCUT2D eigenvalue weighted by Gasteiger charge is -2.07. The summed E-state index contributed by atoms with van der Waals surface area (Å²) in [5.41, 5.74) is 1.41. The zero-order valence-corrected chi connectivity index (χ0v) is 18.3. The summed E-state index contributed by atoms with van der Waals surface area (Å²) in [5, 5.41) is 7.94. The predicted octanol–water partition coefficient (Wildman–Crippen LogP) is 3.36. The van der Waals surface area contributed by atoms with Crippen molar-refractivity contribution in [3.63, 3.8) is 0 Å². The second-order valence-corrected chi connectivity index (χ2v) is 8.80. The lowest BCUT2D eigenvalue weighted by Crippen LogP contribution is -2.28. The average molecular weight is 461 g/mol. The van der Waals surface area contributed by atoms with Crippen LogP contribution in [0.4, 0.5) is 16.5 Å². The summed E-state index contributed by atoms with van der Waals surface area (Å²) < 4.78 is 31.2. The van der Waals surface area contributed by atoms with E-state index >= 15 is 0 Å². The van der Waals surface area contributed by atoms with E-state index in [2.05, 4.69) is 15.6 Å². The van der Waals surface area contributed by atoms with Gasteiger partial charge in [0.25, 0.3) is 15.9 Å². The third kappa shape index (κ3) is 6.03. The molecule has 2 amide bonds. The first kappa shape index (κ1) is 22.2. The molecule has 31 heavy (non-hydrogen) atoms. The predicted molar refractivity (Wildman–Crippen MR) is 118 cm³/mol. The number of carbonyl (C=O) groups excluding carboxylic acids is 2. The van der Waals surface area contributed by atoms with Crippen LogP contribution < -0.4 is 20.1 Å². The van der Waals surface area contributed by atoms with Crippen molar-refractivity contribution in [3.8, 4) is 5.75 Å². The molecule has 0 radical (unpaired) electrons. The monoisotopic (exact) mass is 460 g/mol. The molecule has 0 aliphatic rings. The van der Waals surface area contributed by atoms with Crippen LogP contribution in [0.3, 0.4) is 0 Å². The van der Waals surface area contributed by atoms with Gasteiger partial charge in [-0.15, -0.1) is 11.3 Å². The number of nitrogens with zero attached hydrogens (tertiary/aromatic N) is 1. The minimum atomic E-state index is -3.93. The van der Waals surface area contributed by atoms with Crippen molar-refractivity contribution in [2.75, 3.05) is 17.2 Å². The van der Waals surface area contributed by atoms with Crippen molar-refractivity contribution < 1.29 is 22.7 Å². The van der Waals surface area contributed by atoms with Gasteiger partial charge in [-0.05, 0) is 55.5 Å². The lowest BCUT2D eigenvalue weighted by molar-refractivity contribution is -0.117. The third-order valence-corrected chi connectivity index (χ3v) is 6.06. The molecule has 2 aromatic carbocycles. The molecule has 0 saturated heterocycles. The van der Waals surface area contributed by atoms with E-state index in [1.165, 1.54) is 35.6 Å². The number of ether oxygens (including phenoxy) is 1. The molecular weight excluding hydrogens is 440 g/mol. The molecule has 3 N–H and O–H groups in total. The Kier molecular flexibility index (Phi) is 6.88. The fourth-order valence-corrected chi connectivity index (χ4v) is 4.22. The maximum Gasteiger partial charge on any atom is 0.275 e. The minimum absolute atomic E-state index is 0.0869. The summed E-state index contributed by atoms with van der Waals surface area (Å²) in [7, 11) is -3.93. The van der Waals surface area contributed by atoms with Crippen molar-refractivity contribution >= 4 is 49.7 Å². The Morgan fingerprint density at radius 3 is 2.29 bits per heavy atom. The number of aromatic nitrogens is 1. The summed E-state index contributed by atoms with van der Waals surface area (Å²) in [6, 6.07) is 12.8. The molecule has 0 aliphatic carbocycles. The van der Waals surface area contributed by atoms with Crippen molar-refractivity contribution in [3.05, 3.63) is 59.6 Å². The molecule has 0 bridgehead atoms. The van der Waals surface area contributed by atoms with Gasteiger partial charge in [-0.1, -0.05) is 0 Å². The van der Waals surface area contributed by atoms with E-state index in [1.807, 2.05) is 35.9 Å². The summed E-state index contributed by atoms with van der Waals surface area (Å²) in [6.45, 7) is 3.61. The second-order valence-electron chi connectivity index (χ2n) is 6.26. The van der Waals surface area contributed by atoms with Crippen LogP contribution >= 0.6 is 11.3 Å². The lowest BCUT2D eigenvalue weighted by atomic mass is 10.3. The van der Waals surface area contributed by atoms with E-state index in [1.54, 1.807) is 5.38 Å². The number of rotatable bonds is 8. The Morgan fingerprint density at radius 1 is 1.03 bits per heavy atom. The fourth-order valence-electron chi connectivity index (χ4n) is 2.52. The van der Waals surface area contributed by atoms with Gasteiger partial charge < -0.3 is 15.4 Å². The van der Waals surface area contributed by atoms with E-state index in [0.29, 0.717) is 17.4 Å². The number of thiazole rings is 1. The maximum absolute atomic E-state index is 12.4. The second kappa shape index (κ2) is 9.58. The van der Waals surface area contributed by atoms with Gasteiger partial charge in [0.2, 0.25) is 5.91 Å². The Labute approximate surface area is 183 Å². The third-order valence-electron chi connectivity index (χ3n) is 3.85. The molecular formula is C20H20N4O5S2. The first-order valence-corrected chi connectivity index (χ1v) is 11.5. The van der Waals surface area contributed by atoms with Crippen LogP contribution in [-0.4, -0.2) is 31.8 Å². The standard InChI is InChI=1S/C20H20N4O5S2/c1-3-29-16-8-4-15(5-9-16)22-20-23-18(12-30-20)19(26)21-14-6-10-17(11-7-14)31(27,28)24-13(2)25/h4-12H,3H2,1-2H3,(H,21,26)(H,22,23)(H,24,25). The largest absolute Gasteiger partial charge is 0.494 e. The van der Waals surface area contributed by atoms with E-state index in [4.69, 9.17) is 4.74 Å². The van der Waals surface area contributed by atoms with Crippen molar-refractivity contribution in [2.24, 2.45) is 0 Å². The van der Waals surface area contributed by atoms with Crippen molar-refractivity contribution in [2.45, 2.75) is 18.7 Å². The molecule has 0 atom stereocenters. The number of benzene rings is 2. The van der Waals surface area contributed by atoms with Crippen LogP contribution in [0, 0.1) is 0 Å². The van der Waals surface area contributed by atoms with Gasteiger partial charge in [0, 0.05) is 23.7 Å². The van der Waals surface area contributed by atoms with Crippen LogP contribution in [0.15, 0.2) is 58.8 Å². The quantitative estimate of drug-likeness (QED) is 0.470. The first-order valence-electron chi connectivity index (χ1n) is 9.17. The van der Waals surface area contributed by atoms with E-state index in [-0.39, 0.29) is 10.6 Å². The fraction of sp³-hybridized carbons (Fsp3) is 0.150. The van der Waals surface area contributed by atoms with Gasteiger partial charge in [0.15, 0.2) is 5.13 Å². The molecule has 3 aromatic rings. The van der Waals surface area contributed by atoms with Crippen LogP contribution in [0.2, 0.25) is 0 Å². The molecule has 9 nitrogen and oxygen atoms in total. The summed E-state index contributed by atoms with van der Waals surface area (Å²) in [6.07, 6.45) is 0. The van der Waals surface area contributed by atoms with E-state index in [9.17, 15) is 18.0 Å². The number of hydrogen-bond donors (Lipinski definition) is 3. The molecule has 0 saturated carbocycles. The molecule has 0 spiro atoms. The zero-order chi connectivity index (χ0) is 22.4. The van der Waals surface area contributed by atoms with Gasteiger partial charge in [-0.3, -0.25) is 9.59 Å². The Morgan fingerprint density at radius 2 is 1.68 bits per heavy atom. The highest BCUT2D eigenvalue weighted by atomic mass is 32.2. The van der Waals surface area contributed by atoms with Crippen LogP contribution in [0.1, 0.15) is 24.3 Å². The smallest absolute Gasteiger partial charge is 0.275 e. The summed E-state index contributed by atoms with van der Waals surface area (Å²) in [5.74, 6) is -0.354. The van der Waals surface area contributed by atoms with Gasteiger partial charge in [-0.2, -0.15) is 0 Å². The Bertz CT molecular complexity index is 1170. The van der Waals surface area contributed by atoms with E-state index in [0.717, 1.165) is 18.4 Å². The molecule has 0 aliphatic heterocycles. The maximum atomic E-state index is 12.4. The summed E-state index contributed by atoms with van der Waals surface area (Å²) >= 11 is 1.28. The van der Waals surface area contributed by atoms with Crippen LogP contribution in [0.5, 0.6) is 5.75 Å². The van der Waals surface area contributed by atoms with Gasteiger partial charge in [-0.25, -0.2) is 18.1 Å². The highest BCUT2D eigenvalue weighted by Gasteiger charge is 2.16. The molecule has 0 fully saturated rings. The van der Waals surface area contributed by atoms with Crippen LogP contribution in [-0.2, 0) is 14.8 Å². The van der Waals surface area contributed by atoms with Crippen molar-refractivity contribution in [1.29, 1.82) is 0 Å². The molecule has 1 heterocycles. The summed E-state index contributed by atoms with van der Waals surface area (Å²) in [4.78, 5) is 27.6. The number of hydrogen-bond acceptors (Lipinski definition) is 8. The highest BCUT2D eigenvalue weighted by Crippen LogP contribution is 2.23. The number of carbonyl (C=O) groups is 2. The van der Waals surface area contributed by atoms with Gasteiger partial charge in [0.05, 0.1) is 11.5 Å². The molecule has 11 heteroatoms. The minimum Gasteiger partial charge on any atom is -0.494 e. The van der Waals surface area contributed by atoms with Gasteiger partial charge in [0.1, 0.15) is 11.4 Å². The Hall–Kier alpha value is -3.44. The number of sulfonamides is 1. The number of anilines is 3. The normalized spacial score (nSPS) is 10.9. The molecule has 1 aromatic heterocycles. The Balaban J connectivity index is 1.62.